The second kappa shape index (κ2) is 5.61. The van der Waals surface area contributed by atoms with E-state index in [1.54, 1.807) is 6.07 Å². The van der Waals surface area contributed by atoms with Gasteiger partial charge in [0, 0.05) is 24.0 Å². The molecular weight excluding hydrogens is 268 g/mol. The van der Waals surface area contributed by atoms with E-state index in [2.05, 4.69) is 20.5 Å². The molecule has 1 amide bonds. The van der Waals surface area contributed by atoms with Crippen LogP contribution in [0.25, 0.3) is 0 Å². The molecule has 0 aliphatic carbocycles. The summed E-state index contributed by atoms with van der Waals surface area (Å²) in [7, 11) is 0. The molecule has 19 heavy (non-hydrogen) atoms. The minimum Gasteiger partial charge on any atom is -0.476 e. The first-order valence-corrected chi connectivity index (χ1v) is 6.42. The van der Waals surface area contributed by atoms with Crippen LogP contribution in [0.5, 0.6) is 0 Å². The summed E-state index contributed by atoms with van der Waals surface area (Å²) in [6.45, 7) is 2.20. The van der Waals surface area contributed by atoms with Crippen molar-refractivity contribution in [1.82, 2.24) is 20.5 Å². The van der Waals surface area contributed by atoms with Crippen molar-refractivity contribution in [1.29, 1.82) is 0 Å². The van der Waals surface area contributed by atoms with Crippen LogP contribution in [0.1, 0.15) is 31.7 Å². The Balaban J connectivity index is 1.83. The van der Waals surface area contributed by atoms with Gasteiger partial charge in [-0.05, 0) is 13.0 Å². The van der Waals surface area contributed by atoms with E-state index < -0.39 is 5.97 Å². The highest BCUT2D eigenvalue weighted by Gasteiger charge is 2.10. The summed E-state index contributed by atoms with van der Waals surface area (Å²) in [5.74, 6) is -1.31. The van der Waals surface area contributed by atoms with Crippen LogP contribution in [-0.2, 0) is 6.42 Å². The Labute approximate surface area is 112 Å². The molecule has 0 spiro atoms. The number of aromatic nitrogens is 3. The van der Waals surface area contributed by atoms with Crippen LogP contribution in [0.15, 0.2) is 11.4 Å². The third-order valence-electron chi connectivity index (χ3n) is 2.33. The highest BCUT2D eigenvalue weighted by Crippen LogP contribution is 2.10. The SMILES string of the molecule is Cc1cc(C(=O)NCCc2nc(C(=O)O)cs2)n[nH]1. The molecule has 100 valence electrons. The van der Waals surface area contributed by atoms with Crippen molar-refractivity contribution < 1.29 is 14.7 Å². The predicted molar refractivity (Wildman–Crippen MR) is 68.4 cm³/mol. The number of amides is 1. The van der Waals surface area contributed by atoms with E-state index in [-0.39, 0.29) is 11.6 Å². The maximum Gasteiger partial charge on any atom is 0.355 e. The number of carbonyl (C=O) groups is 2. The van der Waals surface area contributed by atoms with Gasteiger partial charge in [0.2, 0.25) is 0 Å². The Morgan fingerprint density at radius 2 is 2.26 bits per heavy atom. The van der Waals surface area contributed by atoms with Gasteiger partial charge >= 0.3 is 5.97 Å². The van der Waals surface area contributed by atoms with E-state index in [0.717, 1.165) is 5.69 Å². The first-order valence-electron chi connectivity index (χ1n) is 5.54. The van der Waals surface area contributed by atoms with Crippen molar-refractivity contribution in [3.05, 3.63) is 33.5 Å². The van der Waals surface area contributed by atoms with Gasteiger partial charge in [0.25, 0.3) is 5.91 Å². The predicted octanol–water partition coefficient (Wildman–Crippen LogP) is 0.845. The van der Waals surface area contributed by atoms with Crippen LogP contribution in [0.3, 0.4) is 0 Å². The smallest absolute Gasteiger partial charge is 0.355 e. The Morgan fingerprint density at radius 3 is 2.84 bits per heavy atom. The molecule has 0 saturated heterocycles. The lowest BCUT2D eigenvalue weighted by atomic mass is 10.3. The molecule has 2 heterocycles. The Morgan fingerprint density at radius 1 is 1.47 bits per heavy atom. The number of rotatable bonds is 5. The van der Waals surface area contributed by atoms with Gasteiger partial charge in [0.15, 0.2) is 5.69 Å². The molecule has 8 heteroatoms. The molecule has 3 N–H and O–H groups in total. The molecule has 7 nitrogen and oxygen atoms in total. The van der Waals surface area contributed by atoms with E-state index in [0.29, 0.717) is 23.7 Å². The first kappa shape index (κ1) is 13.2. The van der Waals surface area contributed by atoms with Gasteiger partial charge in [-0.25, -0.2) is 9.78 Å². The zero-order valence-electron chi connectivity index (χ0n) is 10.1. The van der Waals surface area contributed by atoms with Crippen LogP contribution in [0.4, 0.5) is 0 Å². The van der Waals surface area contributed by atoms with Crippen molar-refractivity contribution in [2.75, 3.05) is 6.54 Å². The topological polar surface area (TPSA) is 108 Å². The fourth-order valence-corrected chi connectivity index (χ4v) is 2.20. The van der Waals surface area contributed by atoms with E-state index in [1.165, 1.54) is 16.7 Å². The number of aryl methyl sites for hydroxylation is 1. The van der Waals surface area contributed by atoms with Crippen molar-refractivity contribution >= 4 is 23.2 Å². The minimum absolute atomic E-state index is 0.0363. The molecule has 0 aliphatic rings. The van der Waals surface area contributed by atoms with Crippen LogP contribution >= 0.6 is 11.3 Å². The van der Waals surface area contributed by atoms with Gasteiger partial charge in [-0.1, -0.05) is 0 Å². The largest absolute Gasteiger partial charge is 0.476 e. The fraction of sp³-hybridized carbons (Fsp3) is 0.273. The molecular formula is C11H12N4O3S. The third-order valence-corrected chi connectivity index (χ3v) is 3.24. The summed E-state index contributed by atoms with van der Waals surface area (Å²) in [6.07, 6.45) is 0.493. The van der Waals surface area contributed by atoms with Crippen molar-refractivity contribution in [3.63, 3.8) is 0 Å². The van der Waals surface area contributed by atoms with E-state index in [9.17, 15) is 9.59 Å². The number of hydrogen-bond donors (Lipinski definition) is 3. The maximum atomic E-state index is 11.7. The lowest BCUT2D eigenvalue weighted by Gasteiger charge is -2.00. The zero-order chi connectivity index (χ0) is 13.8. The monoisotopic (exact) mass is 280 g/mol. The number of carboxylic acid groups (broad SMARTS) is 1. The van der Waals surface area contributed by atoms with Crippen LogP contribution in [-0.4, -0.2) is 38.7 Å². The van der Waals surface area contributed by atoms with E-state index in [4.69, 9.17) is 5.11 Å². The quantitative estimate of drug-likeness (QED) is 0.752. The third kappa shape index (κ3) is 3.38. The van der Waals surface area contributed by atoms with Gasteiger partial charge < -0.3 is 10.4 Å². The number of aromatic carboxylic acids is 1. The number of hydrogen-bond acceptors (Lipinski definition) is 5. The number of carboxylic acids is 1. The summed E-state index contributed by atoms with van der Waals surface area (Å²) in [5.41, 5.74) is 1.19. The fourth-order valence-electron chi connectivity index (χ4n) is 1.43. The van der Waals surface area contributed by atoms with Crippen LogP contribution in [0.2, 0.25) is 0 Å². The number of aromatic amines is 1. The molecule has 0 atom stereocenters. The second-order valence-corrected chi connectivity index (χ2v) is 4.82. The summed E-state index contributed by atoms with van der Waals surface area (Å²) >= 11 is 1.26. The number of nitrogens with one attached hydrogen (secondary N) is 2. The second-order valence-electron chi connectivity index (χ2n) is 3.87. The van der Waals surface area contributed by atoms with Gasteiger partial charge in [0.1, 0.15) is 5.69 Å². The Kier molecular flexibility index (Phi) is 3.91. The molecule has 2 rings (SSSR count). The first-order chi connectivity index (χ1) is 9.06. The molecule has 0 unspecified atom stereocenters. The number of thiazole rings is 1. The molecule has 0 fully saturated rings. The minimum atomic E-state index is -1.04. The zero-order valence-corrected chi connectivity index (χ0v) is 11.0. The van der Waals surface area contributed by atoms with Gasteiger partial charge in [-0.2, -0.15) is 5.10 Å². The maximum absolute atomic E-state index is 11.7. The molecule has 0 radical (unpaired) electrons. The number of nitrogens with zero attached hydrogens (tertiary/aromatic N) is 2. The average Bonchev–Trinajstić information content (AvgIpc) is 2.98. The van der Waals surface area contributed by atoms with Crippen molar-refractivity contribution in [3.8, 4) is 0 Å². The number of H-pyrrole nitrogens is 1. The summed E-state index contributed by atoms with van der Waals surface area (Å²) in [4.78, 5) is 26.2. The lowest BCUT2D eigenvalue weighted by molar-refractivity contribution is 0.0690. The molecule has 2 aromatic rings. The Bertz CT molecular complexity index is 605. The van der Waals surface area contributed by atoms with Gasteiger partial charge in [0.05, 0.1) is 5.01 Å². The average molecular weight is 280 g/mol. The highest BCUT2D eigenvalue weighted by molar-refractivity contribution is 7.09. The van der Waals surface area contributed by atoms with Crippen molar-refractivity contribution in [2.45, 2.75) is 13.3 Å². The van der Waals surface area contributed by atoms with Crippen LogP contribution in [0, 0.1) is 6.92 Å². The molecule has 2 aromatic heterocycles. The Hall–Kier alpha value is -2.22. The summed E-state index contributed by atoms with van der Waals surface area (Å²) in [5, 5.41) is 20.1. The molecule has 0 saturated carbocycles. The normalized spacial score (nSPS) is 10.4. The summed E-state index contributed by atoms with van der Waals surface area (Å²) in [6, 6.07) is 1.65. The number of carbonyl (C=O) groups excluding carboxylic acids is 1. The van der Waals surface area contributed by atoms with E-state index >= 15 is 0 Å². The van der Waals surface area contributed by atoms with Crippen molar-refractivity contribution in [2.24, 2.45) is 0 Å². The van der Waals surface area contributed by atoms with E-state index in [1.807, 2.05) is 6.92 Å². The lowest BCUT2D eigenvalue weighted by Crippen LogP contribution is -2.26. The molecule has 0 aliphatic heterocycles. The van der Waals surface area contributed by atoms with Gasteiger partial charge in [-0.15, -0.1) is 11.3 Å². The molecule has 0 bridgehead atoms. The molecule has 0 aromatic carbocycles. The summed E-state index contributed by atoms with van der Waals surface area (Å²) < 4.78 is 0. The highest BCUT2D eigenvalue weighted by atomic mass is 32.1. The standard InChI is InChI=1S/C11H12N4O3S/c1-6-4-7(15-14-6)10(16)12-3-2-9-13-8(5-19-9)11(17)18/h4-5H,2-3H2,1H3,(H,12,16)(H,14,15)(H,17,18). The van der Waals surface area contributed by atoms with Gasteiger partial charge in [-0.3, -0.25) is 9.89 Å². The van der Waals surface area contributed by atoms with Crippen LogP contribution < -0.4 is 5.32 Å².